The molecule has 1 aliphatic heterocycles. The first-order valence-electron chi connectivity index (χ1n) is 8.69. The standard InChI is InChI=1S/C19H25N3O/c1-22-10-8-13(9-11-22)20-19-15-4-3-5-17(15)21-18-7-6-14(23-2)12-16(18)19/h6-7,12-13H,3-5,8-11H2,1-2H3,(H,20,21). The van der Waals surface area contributed by atoms with Gasteiger partial charge in [0.2, 0.25) is 0 Å². The summed E-state index contributed by atoms with van der Waals surface area (Å²) < 4.78 is 5.44. The predicted octanol–water partition coefficient (Wildman–Crippen LogP) is 3.24. The van der Waals surface area contributed by atoms with Gasteiger partial charge in [0.1, 0.15) is 5.75 Å². The summed E-state index contributed by atoms with van der Waals surface area (Å²) in [5.74, 6) is 0.906. The van der Waals surface area contributed by atoms with Crippen LogP contribution in [0.25, 0.3) is 10.9 Å². The van der Waals surface area contributed by atoms with Crippen molar-refractivity contribution >= 4 is 16.6 Å². The minimum absolute atomic E-state index is 0.563. The Balaban J connectivity index is 1.76. The summed E-state index contributed by atoms with van der Waals surface area (Å²) in [5.41, 5.74) is 5.13. The van der Waals surface area contributed by atoms with Gasteiger partial charge in [-0.1, -0.05) is 0 Å². The van der Waals surface area contributed by atoms with Gasteiger partial charge in [-0.25, -0.2) is 0 Å². The Morgan fingerprint density at radius 1 is 1.22 bits per heavy atom. The molecule has 0 radical (unpaired) electrons. The van der Waals surface area contributed by atoms with Gasteiger partial charge < -0.3 is 15.0 Å². The average molecular weight is 311 g/mol. The second kappa shape index (κ2) is 6.00. The lowest BCUT2D eigenvalue weighted by Crippen LogP contribution is -2.37. The summed E-state index contributed by atoms with van der Waals surface area (Å²) in [6.45, 7) is 2.35. The molecule has 1 N–H and O–H groups in total. The number of benzene rings is 1. The first-order chi connectivity index (χ1) is 11.2. The van der Waals surface area contributed by atoms with Crippen LogP contribution in [-0.4, -0.2) is 43.2 Å². The van der Waals surface area contributed by atoms with E-state index in [0.29, 0.717) is 6.04 Å². The number of ether oxygens (including phenoxy) is 1. The fourth-order valence-electron chi connectivity index (χ4n) is 3.89. The molecule has 0 spiro atoms. The third-order valence-electron chi connectivity index (χ3n) is 5.29. The Morgan fingerprint density at radius 3 is 2.83 bits per heavy atom. The van der Waals surface area contributed by atoms with Gasteiger partial charge in [0.05, 0.1) is 12.6 Å². The number of methoxy groups -OCH3 is 1. The van der Waals surface area contributed by atoms with Crippen LogP contribution in [0.3, 0.4) is 0 Å². The summed E-state index contributed by atoms with van der Waals surface area (Å²) in [5, 5.41) is 5.09. The first-order valence-corrected chi connectivity index (χ1v) is 8.69. The van der Waals surface area contributed by atoms with Crippen molar-refractivity contribution in [2.75, 3.05) is 32.6 Å². The highest BCUT2D eigenvalue weighted by Gasteiger charge is 2.23. The van der Waals surface area contributed by atoms with E-state index in [1.54, 1.807) is 7.11 Å². The number of likely N-dealkylation sites (tertiary alicyclic amines) is 1. The maximum Gasteiger partial charge on any atom is 0.119 e. The second-order valence-electron chi connectivity index (χ2n) is 6.87. The van der Waals surface area contributed by atoms with E-state index in [-0.39, 0.29) is 0 Å². The second-order valence-corrected chi connectivity index (χ2v) is 6.87. The largest absolute Gasteiger partial charge is 0.497 e. The lowest BCUT2D eigenvalue weighted by Gasteiger charge is -2.31. The molecule has 4 nitrogen and oxygen atoms in total. The fraction of sp³-hybridized carbons (Fsp3) is 0.526. The quantitative estimate of drug-likeness (QED) is 0.944. The van der Waals surface area contributed by atoms with E-state index < -0.39 is 0 Å². The maximum atomic E-state index is 5.44. The van der Waals surface area contributed by atoms with Gasteiger partial charge in [-0.2, -0.15) is 0 Å². The number of hydrogen-bond donors (Lipinski definition) is 1. The molecule has 122 valence electrons. The molecule has 1 aromatic carbocycles. The highest BCUT2D eigenvalue weighted by atomic mass is 16.5. The first kappa shape index (κ1) is 14.8. The molecule has 0 unspecified atom stereocenters. The number of pyridine rings is 1. The normalized spacial score (nSPS) is 19.0. The fourth-order valence-corrected chi connectivity index (χ4v) is 3.89. The van der Waals surface area contributed by atoms with Crippen LogP contribution in [0.15, 0.2) is 18.2 Å². The van der Waals surface area contributed by atoms with Crippen molar-refractivity contribution in [3.8, 4) is 5.75 Å². The van der Waals surface area contributed by atoms with E-state index >= 15 is 0 Å². The lowest BCUT2D eigenvalue weighted by atomic mass is 10.0. The highest BCUT2D eigenvalue weighted by Crippen LogP contribution is 2.36. The zero-order valence-corrected chi connectivity index (χ0v) is 14.1. The number of hydrogen-bond acceptors (Lipinski definition) is 4. The lowest BCUT2D eigenvalue weighted by molar-refractivity contribution is 0.264. The van der Waals surface area contributed by atoms with E-state index in [1.165, 1.54) is 54.7 Å². The van der Waals surface area contributed by atoms with E-state index in [1.807, 2.05) is 6.07 Å². The molecule has 2 aromatic rings. The molecule has 0 atom stereocenters. The Morgan fingerprint density at radius 2 is 2.04 bits per heavy atom. The summed E-state index contributed by atoms with van der Waals surface area (Å²) in [6.07, 6.45) is 5.89. The SMILES string of the molecule is COc1ccc2nc3c(c(NC4CCN(C)CC4)c2c1)CCC3. The van der Waals surface area contributed by atoms with Crippen molar-refractivity contribution < 1.29 is 4.74 Å². The third-order valence-corrected chi connectivity index (χ3v) is 5.29. The minimum atomic E-state index is 0.563. The Labute approximate surface area is 137 Å². The summed E-state index contributed by atoms with van der Waals surface area (Å²) in [4.78, 5) is 7.31. The van der Waals surface area contributed by atoms with Crippen LogP contribution in [0.2, 0.25) is 0 Å². The Bertz CT molecular complexity index is 720. The van der Waals surface area contributed by atoms with Crippen molar-refractivity contribution in [3.05, 3.63) is 29.5 Å². The van der Waals surface area contributed by atoms with Crippen molar-refractivity contribution in [1.29, 1.82) is 0 Å². The maximum absolute atomic E-state index is 5.44. The molecule has 2 heterocycles. The molecule has 2 aliphatic rings. The molecule has 1 aliphatic carbocycles. The van der Waals surface area contributed by atoms with Gasteiger partial charge in [0.15, 0.2) is 0 Å². The van der Waals surface area contributed by atoms with Crippen LogP contribution in [0.5, 0.6) is 5.75 Å². The van der Waals surface area contributed by atoms with E-state index in [4.69, 9.17) is 9.72 Å². The van der Waals surface area contributed by atoms with Crippen molar-refractivity contribution in [2.24, 2.45) is 0 Å². The number of aryl methyl sites for hydroxylation is 1. The van der Waals surface area contributed by atoms with Crippen LogP contribution >= 0.6 is 0 Å². The van der Waals surface area contributed by atoms with Crippen LogP contribution in [0.4, 0.5) is 5.69 Å². The van der Waals surface area contributed by atoms with E-state index in [9.17, 15) is 0 Å². The van der Waals surface area contributed by atoms with Crippen molar-refractivity contribution in [3.63, 3.8) is 0 Å². The van der Waals surface area contributed by atoms with Crippen LogP contribution < -0.4 is 10.1 Å². The number of nitrogens with zero attached hydrogens (tertiary/aromatic N) is 2. The molecule has 23 heavy (non-hydrogen) atoms. The van der Waals surface area contributed by atoms with Gasteiger partial charge in [0.25, 0.3) is 0 Å². The number of fused-ring (bicyclic) bond motifs is 2. The summed E-state index contributed by atoms with van der Waals surface area (Å²) >= 11 is 0. The summed E-state index contributed by atoms with van der Waals surface area (Å²) in [6, 6.07) is 6.80. The smallest absolute Gasteiger partial charge is 0.119 e. The number of aromatic nitrogens is 1. The topological polar surface area (TPSA) is 37.4 Å². The highest BCUT2D eigenvalue weighted by molar-refractivity contribution is 5.94. The third kappa shape index (κ3) is 2.76. The number of anilines is 1. The minimum Gasteiger partial charge on any atom is -0.497 e. The molecule has 0 saturated carbocycles. The Kier molecular flexibility index (Phi) is 3.85. The number of piperidine rings is 1. The summed E-state index contributed by atoms with van der Waals surface area (Å²) in [7, 11) is 3.94. The van der Waals surface area contributed by atoms with Crippen molar-refractivity contribution in [2.45, 2.75) is 38.1 Å². The molecule has 4 rings (SSSR count). The monoisotopic (exact) mass is 311 g/mol. The van der Waals surface area contributed by atoms with Crippen molar-refractivity contribution in [1.82, 2.24) is 9.88 Å². The molecule has 1 fully saturated rings. The molecular formula is C19H25N3O. The van der Waals surface area contributed by atoms with E-state index in [2.05, 4.69) is 29.4 Å². The average Bonchev–Trinajstić information content (AvgIpc) is 3.04. The van der Waals surface area contributed by atoms with Gasteiger partial charge >= 0.3 is 0 Å². The van der Waals surface area contributed by atoms with Crippen LogP contribution in [-0.2, 0) is 12.8 Å². The Hall–Kier alpha value is -1.81. The van der Waals surface area contributed by atoms with E-state index in [0.717, 1.165) is 24.1 Å². The van der Waals surface area contributed by atoms with Gasteiger partial charge in [-0.3, -0.25) is 4.98 Å². The zero-order valence-electron chi connectivity index (χ0n) is 14.1. The zero-order chi connectivity index (χ0) is 15.8. The molecule has 0 amide bonds. The molecule has 1 saturated heterocycles. The molecule has 0 bridgehead atoms. The van der Waals surface area contributed by atoms with Gasteiger partial charge in [-0.05, 0) is 76.0 Å². The number of rotatable bonds is 3. The molecular weight excluding hydrogens is 286 g/mol. The molecule has 1 aromatic heterocycles. The van der Waals surface area contributed by atoms with Crippen LogP contribution in [0, 0.1) is 0 Å². The van der Waals surface area contributed by atoms with Crippen LogP contribution in [0.1, 0.15) is 30.5 Å². The van der Waals surface area contributed by atoms with Gasteiger partial charge in [-0.15, -0.1) is 0 Å². The molecule has 4 heteroatoms. The predicted molar refractivity (Wildman–Crippen MR) is 94.5 cm³/mol. The number of nitrogens with one attached hydrogen (secondary N) is 1. The van der Waals surface area contributed by atoms with Gasteiger partial charge in [0, 0.05) is 22.8 Å².